The molecule has 0 unspecified atom stereocenters. The summed E-state index contributed by atoms with van der Waals surface area (Å²) >= 11 is 0. The number of rotatable bonds is 2. The Morgan fingerprint density at radius 3 is 2.41 bits per heavy atom. The Morgan fingerprint density at radius 2 is 1.73 bits per heavy atom. The van der Waals surface area contributed by atoms with Crippen LogP contribution in [-0.2, 0) is 0 Å². The molecule has 1 aliphatic heterocycles. The Bertz CT molecular complexity index is 678. The second-order valence-corrected chi connectivity index (χ2v) is 5.63. The van der Waals surface area contributed by atoms with Gasteiger partial charge in [0.05, 0.1) is 0 Å². The van der Waals surface area contributed by atoms with Crippen molar-refractivity contribution in [2.45, 2.75) is 6.92 Å². The molecule has 1 amide bonds. The van der Waals surface area contributed by atoms with E-state index in [1.165, 1.54) is 12.1 Å². The molecule has 2 aromatic rings. The third-order valence-electron chi connectivity index (χ3n) is 4.01. The van der Waals surface area contributed by atoms with Gasteiger partial charge in [-0.2, -0.15) is 0 Å². The molecule has 1 heterocycles. The van der Waals surface area contributed by atoms with Crippen molar-refractivity contribution in [3.05, 3.63) is 65.5 Å². The number of hydrogen-bond acceptors (Lipinski definition) is 2. The van der Waals surface area contributed by atoms with Gasteiger partial charge in [-0.1, -0.05) is 23.8 Å². The van der Waals surface area contributed by atoms with Crippen molar-refractivity contribution in [3.63, 3.8) is 0 Å². The molecule has 0 radical (unpaired) electrons. The predicted octanol–water partition coefficient (Wildman–Crippen LogP) is 3.10. The fraction of sp³-hybridized carbons (Fsp3) is 0.278. The van der Waals surface area contributed by atoms with Gasteiger partial charge in [-0.25, -0.2) is 4.39 Å². The highest BCUT2D eigenvalue weighted by molar-refractivity contribution is 5.94. The lowest BCUT2D eigenvalue weighted by Crippen LogP contribution is -2.48. The molecule has 3 rings (SSSR count). The quantitative estimate of drug-likeness (QED) is 0.850. The molecule has 114 valence electrons. The Morgan fingerprint density at radius 1 is 1.00 bits per heavy atom. The zero-order valence-corrected chi connectivity index (χ0v) is 12.6. The Balaban J connectivity index is 1.65. The number of aryl methyl sites for hydroxylation is 1. The number of carbonyl (C=O) groups is 1. The topological polar surface area (TPSA) is 23.6 Å². The average molecular weight is 298 g/mol. The lowest BCUT2D eigenvalue weighted by Gasteiger charge is -2.36. The standard InChI is InChI=1S/C18H19FN2O/c1-14-4-2-5-15(12-14)18(22)21-10-8-20(9-11-21)17-7-3-6-16(19)13-17/h2-7,12-13H,8-11H2,1H3. The van der Waals surface area contributed by atoms with Crippen LogP contribution in [0.5, 0.6) is 0 Å². The van der Waals surface area contributed by atoms with Gasteiger partial charge >= 0.3 is 0 Å². The number of benzene rings is 2. The van der Waals surface area contributed by atoms with Crippen molar-refractivity contribution in [2.75, 3.05) is 31.1 Å². The highest BCUT2D eigenvalue weighted by Crippen LogP contribution is 2.18. The van der Waals surface area contributed by atoms with Gasteiger partial charge in [-0.3, -0.25) is 4.79 Å². The Labute approximate surface area is 130 Å². The molecule has 0 atom stereocenters. The first-order valence-electron chi connectivity index (χ1n) is 7.50. The molecule has 0 aromatic heterocycles. The van der Waals surface area contributed by atoms with Crippen molar-refractivity contribution < 1.29 is 9.18 Å². The first-order chi connectivity index (χ1) is 10.6. The number of anilines is 1. The van der Waals surface area contributed by atoms with Crippen LogP contribution in [0.2, 0.25) is 0 Å². The highest BCUT2D eigenvalue weighted by atomic mass is 19.1. The van der Waals surface area contributed by atoms with Crippen LogP contribution in [0.25, 0.3) is 0 Å². The maximum absolute atomic E-state index is 13.3. The minimum absolute atomic E-state index is 0.0718. The molecular formula is C18H19FN2O. The summed E-state index contributed by atoms with van der Waals surface area (Å²) in [6, 6.07) is 14.3. The molecule has 3 nitrogen and oxygen atoms in total. The van der Waals surface area contributed by atoms with Crippen LogP contribution in [0.4, 0.5) is 10.1 Å². The van der Waals surface area contributed by atoms with Crippen LogP contribution in [0.15, 0.2) is 48.5 Å². The van der Waals surface area contributed by atoms with Gasteiger partial charge in [0.25, 0.3) is 5.91 Å². The molecule has 1 fully saturated rings. The largest absolute Gasteiger partial charge is 0.368 e. The van der Waals surface area contributed by atoms with E-state index in [1.807, 2.05) is 42.2 Å². The maximum atomic E-state index is 13.3. The second-order valence-electron chi connectivity index (χ2n) is 5.63. The predicted molar refractivity (Wildman–Crippen MR) is 85.7 cm³/mol. The zero-order valence-electron chi connectivity index (χ0n) is 12.6. The summed E-state index contributed by atoms with van der Waals surface area (Å²) in [4.78, 5) is 16.5. The van der Waals surface area contributed by atoms with E-state index in [0.717, 1.165) is 29.9 Å². The summed E-state index contributed by atoms with van der Waals surface area (Å²) in [5, 5.41) is 0. The zero-order chi connectivity index (χ0) is 15.5. The van der Waals surface area contributed by atoms with Crippen LogP contribution < -0.4 is 4.90 Å². The van der Waals surface area contributed by atoms with Gasteiger partial charge in [0.15, 0.2) is 0 Å². The van der Waals surface area contributed by atoms with Crippen molar-refractivity contribution in [1.82, 2.24) is 4.90 Å². The summed E-state index contributed by atoms with van der Waals surface area (Å²) < 4.78 is 13.3. The van der Waals surface area contributed by atoms with Crippen LogP contribution >= 0.6 is 0 Å². The van der Waals surface area contributed by atoms with Gasteiger partial charge in [-0.05, 0) is 37.3 Å². The molecule has 1 saturated heterocycles. The molecule has 0 aliphatic carbocycles. The van der Waals surface area contributed by atoms with Gasteiger partial charge in [0, 0.05) is 37.4 Å². The fourth-order valence-corrected chi connectivity index (χ4v) is 2.80. The van der Waals surface area contributed by atoms with E-state index in [0.29, 0.717) is 13.1 Å². The number of halogens is 1. The fourth-order valence-electron chi connectivity index (χ4n) is 2.80. The van der Waals surface area contributed by atoms with Crippen molar-refractivity contribution in [2.24, 2.45) is 0 Å². The SMILES string of the molecule is Cc1cccc(C(=O)N2CCN(c3cccc(F)c3)CC2)c1. The third kappa shape index (κ3) is 3.11. The number of amides is 1. The molecule has 0 spiro atoms. The molecule has 22 heavy (non-hydrogen) atoms. The third-order valence-corrected chi connectivity index (χ3v) is 4.01. The number of carbonyl (C=O) groups excluding carboxylic acids is 1. The summed E-state index contributed by atoms with van der Waals surface area (Å²) in [5.74, 6) is -0.154. The van der Waals surface area contributed by atoms with E-state index >= 15 is 0 Å². The van der Waals surface area contributed by atoms with Crippen molar-refractivity contribution in [3.8, 4) is 0 Å². The Kier molecular flexibility index (Phi) is 4.09. The van der Waals surface area contributed by atoms with E-state index in [-0.39, 0.29) is 11.7 Å². The molecule has 4 heteroatoms. The first-order valence-corrected chi connectivity index (χ1v) is 7.50. The van der Waals surface area contributed by atoms with Crippen LogP contribution in [0, 0.1) is 12.7 Å². The molecular weight excluding hydrogens is 279 g/mol. The molecule has 2 aromatic carbocycles. The summed E-state index contributed by atoms with van der Waals surface area (Å²) in [6.07, 6.45) is 0. The maximum Gasteiger partial charge on any atom is 0.253 e. The number of nitrogens with zero attached hydrogens (tertiary/aromatic N) is 2. The van der Waals surface area contributed by atoms with E-state index < -0.39 is 0 Å². The lowest BCUT2D eigenvalue weighted by molar-refractivity contribution is 0.0746. The van der Waals surface area contributed by atoms with E-state index in [1.54, 1.807) is 6.07 Å². The lowest BCUT2D eigenvalue weighted by atomic mass is 10.1. The molecule has 0 bridgehead atoms. The average Bonchev–Trinajstić information content (AvgIpc) is 2.54. The molecule has 0 N–H and O–H groups in total. The van der Waals surface area contributed by atoms with Gasteiger partial charge in [-0.15, -0.1) is 0 Å². The minimum Gasteiger partial charge on any atom is -0.368 e. The Hall–Kier alpha value is -2.36. The van der Waals surface area contributed by atoms with Crippen molar-refractivity contribution in [1.29, 1.82) is 0 Å². The first kappa shape index (κ1) is 14.6. The number of hydrogen-bond donors (Lipinski definition) is 0. The normalized spacial score (nSPS) is 15.0. The highest BCUT2D eigenvalue weighted by Gasteiger charge is 2.22. The molecule has 1 aliphatic rings. The van der Waals surface area contributed by atoms with Crippen LogP contribution in [-0.4, -0.2) is 37.0 Å². The molecule has 0 saturated carbocycles. The smallest absolute Gasteiger partial charge is 0.253 e. The summed E-state index contributed by atoms with van der Waals surface area (Å²) in [7, 11) is 0. The summed E-state index contributed by atoms with van der Waals surface area (Å²) in [5.41, 5.74) is 2.70. The minimum atomic E-state index is -0.226. The summed E-state index contributed by atoms with van der Waals surface area (Å²) in [6.45, 7) is 4.74. The van der Waals surface area contributed by atoms with E-state index in [4.69, 9.17) is 0 Å². The van der Waals surface area contributed by atoms with Crippen LogP contribution in [0.3, 0.4) is 0 Å². The van der Waals surface area contributed by atoms with Crippen molar-refractivity contribution >= 4 is 11.6 Å². The van der Waals surface area contributed by atoms with Gasteiger partial charge in [0.2, 0.25) is 0 Å². The van der Waals surface area contributed by atoms with Crippen LogP contribution in [0.1, 0.15) is 15.9 Å². The van der Waals surface area contributed by atoms with E-state index in [9.17, 15) is 9.18 Å². The monoisotopic (exact) mass is 298 g/mol. The van der Waals surface area contributed by atoms with Gasteiger partial charge in [0.1, 0.15) is 5.82 Å². The van der Waals surface area contributed by atoms with E-state index in [2.05, 4.69) is 4.90 Å². The van der Waals surface area contributed by atoms with Gasteiger partial charge < -0.3 is 9.80 Å². The number of piperazine rings is 1. The second kappa shape index (κ2) is 6.18.